The second-order valence-corrected chi connectivity index (χ2v) is 6.39. The van der Waals surface area contributed by atoms with Crippen LogP contribution in [0, 0.1) is 0 Å². The smallest absolute Gasteiger partial charge is 0.859 e. The summed E-state index contributed by atoms with van der Waals surface area (Å²) in [5, 5.41) is 11.2. The summed E-state index contributed by atoms with van der Waals surface area (Å²) in [5.74, 6) is -0.957. The first-order valence-electron chi connectivity index (χ1n) is 7.29. The molecule has 0 aliphatic carbocycles. The van der Waals surface area contributed by atoms with E-state index < -0.39 is 21.8 Å². The predicted molar refractivity (Wildman–Crippen MR) is 80.5 cm³/mol. The van der Waals surface area contributed by atoms with Crippen molar-refractivity contribution in [2.24, 2.45) is 4.99 Å². The van der Waals surface area contributed by atoms with Crippen molar-refractivity contribution in [2.45, 2.75) is 58.3 Å². The molecule has 0 aromatic heterocycles. The van der Waals surface area contributed by atoms with Gasteiger partial charge in [0.05, 0.1) is 12.3 Å². The SMILES string of the molecule is CCCCCCCCC/C=C/C([O-])=NCCS(=O)(=O)O.[Na+]. The topological polar surface area (TPSA) is 89.8 Å². The second-order valence-electron chi connectivity index (χ2n) is 4.82. The van der Waals surface area contributed by atoms with Crippen LogP contribution in [0.25, 0.3) is 0 Å². The molecule has 0 amide bonds. The number of allylic oxidation sites excluding steroid dienone is 1. The van der Waals surface area contributed by atoms with E-state index in [4.69, 9.17) is 4.55 Å². The predicted octanol–water partition coefficient (Wildman–Crippen LogP) is -0.666. The molecule has 0 heterocycles. The van der Waals surface area contributed by atoms with Crippen LogP contribution in [-0.4, -0.2) is 31.2 Å². The molecular formula is C14H26NNaO4S. The Morgan fingerprint density at radius 1 is 1.14 bits per heavy atom. The molecular weight excluding hydrogens is 301 g/mol. The van der Waals surface area contributed by atoms with E-state index in [0.29, 0.717) is 0 Å². The third-order valence-corrected chi connectivity index (χ3v) is 3.55. The van der Waals surface area contributed by atoms with Gasteiger partial charge in [0.2, 0.25) is 0 Å². The van der Waals surface area contributed by atoms with E-state index in [1.807, 2.05) is 0 Å². The molecule has 0 rings (SSSR count). The number of rotatable bonds is 12. The molecule has 5 nitrogen and oxygen atoms in total. The van der Waals surface area contributed by atoms with E-state index in [2.05, 4.69) is 11.9 Å². The van der Waals surface area contributed by atoms with Crippen molar-refractivity contribution in [1.29, 1.82) is 0 Å². The normalized spacial score (nSPS) is 12.6. The first kappa shape index (κ1) is 23.4. The fourth-order valence-corrected chi connectivity index (χ4v) is 2.05. The Morgan fingerprint density at radius 2 is 1.71 bits per heavy atom. The van der Waals surface area contributed by atoms with Gasteiger partial charge in [-0.25, -0.2) is 0 Å². The monoisotopic (exact) mass is 327 g/mol. The Balaban J connectivity index is 0. The van der Waals surface area contributed by atoms with Crippen LogP contribution in [0.2, 0.25) is 0 Å². The van der Waals surface area contributed by atoms with Gasteiger partial charge in [-0.05, 0) is 18.7 Å². The van der Waals surface area contributed by atoms with Crippen molar-refractivity contribution in [3.05, 3.63) is 12.2 Å². The molecule has 118 valence electrons. The van der Waals surface area contributed by atoms with Crippen LogP contribution in [-0.2, 0) is 10.1 Å². The van der Waals surface area contributed by atoms with Crippen molar-refractivity contribution in [2.75, 3.05) is 12.3 Å². The Morgan fingerprint density at radius 3 is 2.29 bits per heavy atom. The third kappa shape index (κ3) is 20.1. The molecule has 21 heavy (non-hydrogen) atoms. The summed E-state index contributed by atoms with van der Waals surface area (Å²) in [7, 11) is -4.03. The Labute approximate surface area is 151 Å². The van der Waals surface area contributed by atoms with Gasteiger partial charge in [0.25, 0.3) is 10.1 Å². The van der Waals surface area contributed by atoms with Crippen molar-refractivity contribution in [3.8, 4) is 0 Å². The molecule has 0 saturated carbocycles. The average Bonchev–Trinajstić information content (AvgIpc) is 2.35. The van der Waals surface area contributed by atoms with E-state index >= 15 is 0 Å². The number of hydrogen-bond acceptors (Lipinski definition) is 4. The molecule has 0 atom stereocenters. The fourth-order valence-electron chi connectivity index (χ4n) is 1.73. The van der Waals surface area contributed by atoms with Crippen LogP contribution in [0.4, 0.5) is 0 Å². The largest absolute Gasteiger partial charge is 1.00 e. The molecule has 0 aromatic carbocycles. The first-order chi connectivity index (χ1) is 9.45. The van der Waals surface area contributed by atoms with Crippen LogP contribution < -0.4 is 34.7 Å². The van der Waals surface area contributed by atoms with Crippen LogP contribution >= 0.6 is 0 Å². The summed E-state index contributed by atoms with van der Waals surface area (Å²) in [6.07, 6.45) is 12.6. The van der Waals surface area contributed by atoms with E-state index in [9.17, 15) is 13.5 Å². The van der Waals surface area contributed by atoms with Crippen molar-refractivity contribution in [1.82, 2.24) is 0 Å². The summed E-state index contributed by atoms with van der Waals surface area (Å²) < 4.78 is 29.3. The molecule has 0 saturated heterocycles. The minimum absolute atomic E-state index is 0. The summed E-state index contributed by atoms with van der Waals surface area (Å²) in [4.78, 5) is 3.51. The summed E-state index contributed by atoms with van der Waals surface area (Å²) in [6, 6.07) is 0. The van der Waals surface area contributed by atoms with Gasteiger partial charge in [-0.1, -0.05) is 57.6 Å². The zero-order valence-electron chi connectivity index (χ0n) is 13.3. The van der Waals surface area contributed by atoms with Crippen LogP contribution in [0.3, 0.4) is 0 Å². The quantitative estimate of drug-likeness (QED) is 0.169. The van der Waals surface area contributed by atoms with Crippen molar-refractivity contribution in [3.63, 3.8) is 0 Å². The fraction of sp³-hybridized carbons (Fsp3) is 0.786. The standard InChI is InChI=1S/C14H27NO4S.Na/c1-2-3-4-5-6-7-8-9-10-11-14(16)15-12-13-20(17,18)19;/h10-11H,2-9,12-13H2,1H3,(H,15,16)(H,17,18,19);/q;+1/p-1/b11-10+;. The number of hydrogen-bond donors (Lipinski definition) is 1. The summed E-state index contributed by atoms with van der Waals surface area (Å²) >= 11 is 0. The van der Waals surface area contributed by atoms with Crippen LogP contribution in [0.1, 0.15) is 58.3 Å². The van der Waals surface area contributed by atoms with E-state index in [-0.39, 0.29) is 36.1 Å². The van der Waals surface area contributed by atoms with Gasteiger partial charge in [-0.15, -0.1) is 0 Å². The second kappa shape index (κ2) is 15.0. The van der Waals surface area contributed by atoms with Gasteiger partial charge in [0, 0.05) is 0 Å². The Bertz CT molecular complexity index is 394. The summed E-state index contributed by atoms with van der Waals surface area (Å²) in [5.41, 5.74) is 0. The Kier molecular flexibility index (Phi) is 16.7. The minimum atomic E-state index is -4.03. The molecule has 0 spiro atoms. The van der Waals surface area contributed by atoms with E-state index in [1.54, 1.807) is 6.08 Å². The molecule has 0 aliphatic rings. The maximum Gasteiger partial charge on any atom is 1.00 e. The maximum atomic E-state index is 11.2. The molecule has 0 radical (unpaired) electrons. The first-order valence-corrected chi connectivity index (χ1v) is 8.90. The minimum Gasteiger partial charge on any atom is -0.859 e. The molecule has 7 heteroatoms. The molecule has 0 fully saturated rings. The third-order valence-electron chi connectivity index (χ3n) is 2.85. The average molecular weight is 327 g/mol. The number of aliphatic imine (C=N–C) groups is 1. The van der Waals surface area contributed by atoms with Gasteiger partial charge in [-0.2, -0.15) is 8.42 Å². The van der Waals surface area contributed by atoms with Crippen LogP contribution in [0.15, 0.2) is 17.1 Å². The van der Waals surface area contributed by atoms with Gasteiger partial charge in [0.15, 0.2) is 0 Å². The van der Waals surface area contributed by atoms with Crippen LogP contribution in [0.5, 0.6) is 0 Å². The molecule has 0 aliphatic heterocycles. The van der Waals surface area contributed by atoms with Gasteiger partial charge >= 0.3 is 29.6 Å². The van der Waals surface area contributed by atoms with Gasteiger partial charge in [-0.3, -0.25) is 9.55 Å². The number of nitrogens with zero attached hydrogens (tertiary/aromatic N) is 1. The zero-order valence-corrected chi connectivity index (χ0v) is 16.1. The van der Waals surface area contributed by atoms with Gasteiger partial charge < -0.3 is 5.11 Å². The maximum absolute atomic E-state index is 11.2. The van der Waals surface area contributed by atoms with E-state index in [1.165, 1.54) is 44.6 Å². The summed E-state index contributed by atoms with van der Waals surface area (Å²) in [6.45, 7) is 2.00. The van der Waals surface area contributed by atoms with Crippen molar-refractivity contribution < 1.29 is 47.6 Å². The molecule has 1 N–H and O–H groups in total. The number of unbranched alkanes of at least 4 members (excludes halogenated alkanes) is 7. The Hall–Kier alpha value is 0.120. The van der Waals surface area contributed by atoms with Gasteiger partial charge in [0.1, 0.15) is 0 Å². The molecule has 0 aromatic rings. The van der Waals surface area contributed by atoms with E-state index in [0.717, 1.165) is 12.8 Å². The molecule has 0 unspecified atom stereocenters. The zero-order chi connectivity index (χ0) is 15.3. The molecule has 0 bridgehead atoms. The van der Waals surface area contributed by atoms with Crippen molar-refractivity contribution >= 4 is 16.0 Å².